The molecule has 0 aromatic heterocycles. The van der Waals surface area contributed by atoms with Crippen molar-refractivity contribution in [3.8, 4) is 0 Å². The zero-order valence-corrected chi connectivity index (χ0v) is 9.13. The quantitative estimate of drug-likeness (QED) is 0.815. The van der Waals surface area contributed by atoms with Gasteiger partial charge in [0.2, 0.25) is 0 Å². The van der Waals surface area contributed by atoms with Crippen LogP contribution in [0.1, 0.15) is 12.5 Å². The zero-order chi connectivity index (χ0) is 10.4. The van der Waals surface area contributed by atoms with Gasteiger partial charge >= 0.3 is 0 Å². The monoisotopic (exact) mass is 213 g/mol. The summed E-state index contributed by atoms with van der Waals surface area (Å²) in [5, 5.41) is 0.777. The molecular weight excluding hydrogens is 198 g/mol. The molecule has 1 unspecified atom stereocenters. The summed E-state index contributed by atoms with van der Waals surface area (Å²) in [4.78, 5) is 0. The van der Waals surface area contributed by atoms with E-state index in [-0.39, 0.29) is 6.04 Å². The van der Waals surface area contributed by atoms with Crippen LogP contribution >= 0.6 is 11.6 Å². The maximum Gasteiger partial charge on any atom is 0.0620 e. The lowest BCUT2D eigenvalue weighted by molar-refractivity contribution is 0.133. The van der Waals surface area contributed by atoms with Crippen LogP contribution in [0.2, 0.25) is 5.02 Å². The number of ether oxygens (including phenoxy) is 1. The van der Waals surface area contributed by atoms with E-state index in [9.17, 15) is 0 Å². The van der Waals surface area contributed by atoms with E-state index in [0.717, 1.165) is 17.0 Å². The lowest BCUT2D eigenvalue weighted by Gasteiger charge is -2.12. The van der Waals surface area contributed by atoms with Crippen LogP contribution in [0, 0.1) is 0 Å². The van der Waals surface area contributed by atoms with Crippen LogP contribution in [-0.4, -0.2) is 19.3 Å². The number of nitrogens with two attached hydrogens (primary N) is 1. The van der Waals surface area contributed by atoms with Crippen LogP contribution in [0.15, 0.2) is 24.3 Å². The fraction of sp³-hybridized carbons (Fsp3) is 0.455. The second kappa shape index (κ2) is 6.02. The van der Waals surface area contributed by atoms with Crippen LogP contribution in [0.3, 0.4) is 0 Å². The normalized spacial score (nSPS) is 12.8. The van der Waals surface area contributed by atoms with Gasteiger partial charge in [0.05, 0.1) is 6.61 Å². The molecule has 0 aliphatic carbocycles. The minimum Gasteiger partial charge on any atom is -0.380 e. The summed E-state index contributed by atoms with van der Waals surface area (Å²) in [5.41, 5.74) is 6.96. The molecule has 78 valence electrons. The molecule has 0 saturated heterocycles. The molecule has 0 spiro atoms. The van der Waals surface area contributed by atoms with Crippen molar-refractivity contribution in [3.05, 3.63) is 34.9 Å². The van der Waals surface area contributed by atoms with E-state index in [0.29, 0.717) is 13.2 Å². The fourth-order valence-electron chi connectivity index (χ4n) is 1.27. The third-order valence-corrected chi connectivity index (χ3v) is 2.34. The van der Waals surface area contributed by atoms with Gasteiger partial charge in [0.25, 0.3) is 0 Å². The topological polar surface area (TPSA) is 35.2 Å². The molecule has 0 radical (unpaired) electrons. The van der Waals surface area contributed by atoms with Gasteiger partial charge in [0.15, 0.2) is 0 Å². The molecule has 1 rings (SSSR count). The van der Waals surface area contributed by atoms with Crippen LogP contribution in [0.5, 0.6) is 0 Å². The lowest BCUT2D eigenvalue weighted by atomic mass is 10.1. The summed E-state index contributed by atoms with van der Waals surface area (Å²) < 4.78 is 5.24. The third-order valence-electron chi connectivity index (χ3n) is 1.98. The van der Waals surface area contributed by atoms with Crippen molar-refractivity contribution >= 4 is 11.6 Å². The smallest absolute Gasteiger partial charge is 0.0620 e. The van der Waals surface area contributed by atoms with E-state index in [1.165, 1.54) is 0 Å². The van der Waals surface area contributed by atoms with Crippen molar-refractivity contribution in [2.24, 2.45) is 5.73 Å². The highest BCUT2D eigenvalue weighted by atomic mass is 35.5. The molecular formula is C11H16ClNO. The van der Waals surface area contributed by atoms with Crippen molar-refractivity contribution in [2.75, 3.05) is 13.2 Å². The standard InChI is InChI=1S/C11H16ClNO/c1-2-14-8-10(13)7-9-5-3-4-6-11(9)12/h3-6,10H,2,7-8,13H2,1H3. The van der Waals surface area contributed by atoms with Gasteiger partial charge in [0.1, 0.15) is 0 Å². The third kappa shape index (κ3) is 3.66. The minimum atomic E-state index is 0.0230. The Morgan fingerprint density at radius 3 is 2.79 bits per heavy atom. The summed E-state index contributed by atoms with van der Waals surface area (Å²) >= 11 is 6.01. The first-order chi connectivity index (χ1) is 6.74. The highest BCUT2D eigenvalue weighted by Crippen LogP contribution is 2.16. The van der Waals surface area contributed by atoms with E-state index in [2.05, 4.69) is 0 Å². The molecule has 0 heterocycles. The molecule has 0 aliphatic rings. The summed E-state index contributed by atoms with van der Waals surface area (Å²) in [6.07, 6.45) is 0.764. The highest BCUT2D eigenvalue weighted by molar-refractivity contribution is 6.31. The lowest BCUT2D eigenvalue weighted by Crippen LogP contribution is -2.28. The molecule has 14 heavy (non-hydrogen) atoms. The van der Waals surface area contributed by atoms with Crippen molar-refractivity contribution in [3.63, 3.8) is 0 Å². The molecule has 1 atom stereocenters. The number of hydrogen-bond acceptors (Lipinski definition) is 2. The summed E-state index contributed by atoms with van der Waals surface area (Å²) in [7, 11) is 0. The van der Waals surface area contributed by atoms with Crippen LogP contribution in [0.4, 0.5) is 0 Å². The van der Waals surface area contributed by atoms with Crippen molar-refractivity contribution in [1.82, 2.24) is 0 Å². The van der Waals surface area contributed by atoms with Crippen molar-refractivity contribution < 1.29 is 4.74 Å². The molecule has 2 nitrogen and oxygen atoms in total. The summed E-state index contributed by atoms with van der Waals surface area (Å²) in [6, 6.07) is 7.78. The molecule has 3 heteroatoms. The van der Waals surface area contributed by atoms with Gasteiger partial charge < -0.3 is 10.5 Å². The number of rotatable bonds is 5. The van der Waals surface area contributed by atoms with Gasteiger partial charge in [-0.15, -0.1) is 0 Å². The van der Waals surface area contributed by atoms with Crippen LogP contribution < -0.4 is 5.73 Å². The Morgan fingerprint density at radius 2 is 2.14 bits per heavy atom. The number of halogens is 1. The largest absolute Gasteiger partial charge is 0.380 e. The first kappa shape index (κ1) is 11.5. The predicted molar refractivity (Wildman–Crippen MR) is 59.6 cm³/mol. The average molecular weight is 214 g/mol. The Bertz CT molecular complexity index is 278. The first-order valence-corrected chi connectivity index (χ1v) is 5.18. The van der Waals surface area contributed by atoms with Crippen molar-refractivity contribution in [2.45, 2.75) is 19.4 Å². The van der Waals surface area contributed by atoms with E-state index in [1.807, 2.05) is 31.2 Å². The Labute approximate surface area is 90.0 Å². The highest BCUT2D eigenvalue weighted by Gasteiger charge is 2.06. The molecule has 0 amide bonds. The second-order valence-electron chi connectivity index (χ2n) is 3.22. The second-order valence-corrected chi connectivity index (χ2v) is 3.62. The molecule has 2 N–H and O–H groups in total. The Morgan fingerprint density at radius 1 is 1.43 bits per heavy atom. The van der Waals surface area contributed by atoms with Gasteiger partial charge in [-0.05, 0) is 25.0 Å². The zero-order valence-electron chi connectivity index (χ0n) is 8.37. The first-order valence-electron chi connectivity index (χ1n) is 4.80. The summed E-state index contributed by atoms with van der Waals surface area (Å²) in [5.74, 6) is 0. The maximum atomic E-state index is 6.01. The van der Waals surface area contributed by atoms with Gasteiger partial charge in [-0.3, -0.25) is 0 Å². The molecule has 0 aliphatic heterocycles. The Balaban J connectivity index is 2.47. The van der Waals surface area contributed by atoms with E-state index < -0.39 is 0 Å². The fourth-order valence-corrected chi connectivity index (χ4v) is 1.49. The van der Waals surface area contributed by atoms with Crippen LogP contribution in [-0.2, 0) is 11.2 Å². The SMILES string of the molecule is CCOCC(N)Cc1ccccc1Cl. The molecule has 0 bridgehead atoms. The van der Waals surface area contributed by atoms with Gasteiger partial charge in [0, 0.05) is 17.7 Å². The van der Waals surface area contributed by atoms with Gasteiger partial charge in [-0.25, -0.2) is 0 Å². The number of hydrogen-bond donors (Lipinski definition) is 1. The van der Waals surface area contributed by atoms with Crippen molar-refractivity contribution in [1.29, 1.82) is 0 Å². The molecule has 0 saturated carbocycles. The minimum absolute atomic E-state index is 0.0230. The average Bonchev–Trinajstić information content (AvgIpc) is 2.18. The van der Waals surface area contributed by atoms with E-state index in [1.54, 1.807) is 0 Å². The van der Waals surface area contributed by atoms with E-state index in [4.69, 9.17) is 22.1 Å². The summed E-state index contributed by atoms with van der Waals surface area (Å²) in [6.45, 7) is 3.25. The Hall–Kier alpha value is -0.570. The van der Waals surface area contributed by atoms with E-state index >= 15 is 0 Å². The maximum absolute atomic E-state index is 6.01. The van der Waals surface area contributed by atoms with Gasteiger partial charge in [-0.2, -0.15) is 0 Å². The number of benzene rings is 1. The van der Waals surface area contributed by atoms with Crippen LogP contribution in [0.25, 0.3) is 0 Å². The predicted octanol–water partition coefficient (Wildman–Crippen LogP) is 2.25. The molecule has 1 aromatic carbocycles. The molecule has 1 aromatic rings. The Kier molecular flexibility index (Phi) is 4.94. The van der Waals surface area contributed by atoms with Gasteiger partial charge in [-0.1, -0.05) is 29.8 Å². The molecule has 0 fully saturated rings.